The molecule has 0 aromatic carbocycles. The van der Waals surface area contributed by atoms with E-state index in [0.717, 1.165) is 88.6 Å². The Morgan fingerprint density at radius 2 is 1.10 bits per heavy atom. The van der Waals surface area contributed by atoms with Gasteiger partial charge in [-0.15, -0.1) is 23.5 Å². The number of amides is 7. The van der Waals surface area contributed by atoms with Crippen LogP contribution in [0.1, 0.15) is 212 Å². The fourth-order valence-corrected chi connectivity index (χ4v) is 12.7. The summed E-state index contributed by atoms with van der Waals surface area (Å²) in [5.41, 5.74) is -0.303. The first-order valence-corrected chi connectivity index (χ1v) is 33.1. The first kappa shape index (κ1) is 73.3. The quantitative estimate of drug-likeness (QED) is 0.0433. The molecule has 2 rings (SSSR count). The van der Waals surface area contributed by atoms with Crippen molar-refractivity contribution < 1.29 is 52.5 Å². The number of nitrogens with one attached hydrogen (secondary N) is 2. The van der Waals surface area contributed by atoms with E-state index in [9.17, 15) is 33.6 Å². The molecule has 7 amide bonds. The van der Waals surface area contributed by atoms with Crippen LogP contribution < -0.4 is 10.6 Å². The first-order chi connectivity index (χ1) is 37.8. The van der Waals surface area contributed by atoms with Crippen LogP contribution in [0.15, 0.2) is 0 Å². The van der Waals surface area contributed by atoms with E-state index in [1.807, 2.05) is 18.7 Å². The Labute approximate surface area is 493 Å². The number of carbonyl (C=O) groups excluding carboxylic acids is 7. The minimum atomic E-state index is -0.410. The number of hydrogen-bond donors (Lipinski definition) is 2. The minimum Gasteiger partial charge on any atom is -0.381 e. The Balaban J connectivity index is 1.64. The van der Waals surface area contributed by atoms with Crippen molar-refractivity contribution in [3.8, 4) is 0 Å². The highest BCUT2D eigenvalue weighted by molar-refractivity contribution is 8.00. The van der Waals surface area contributed by atoms with Gasteiger partial charge in [0, 0.05) is 110 Å². The molecular weight excluding hydrogens is 1050 g/mol. The number of carbonyl (C=O) groups is 7. The number of unbranched alkanes of at least 4 members (excludes halogenated alkanes) is 6. The van der Waals surface area contributed by atoms with Gasteiger partial charge >= 0.3 is 0 Å². The molecule has 2 fully saturated rings. The first-order valence-electron chi connectivity index (χ1n) is 31.0. The molecule has 0 spiro atoms. The summed E-state index contributed by atoms with van der Waals surface area (Å²) in [5, 5.41) is 4.98. The van der Waals surface area contributed by atoms with Gasteiger partial charge in [-0.3, -0.25) is 43.4 Å². The topological polar surface area (TPSA) is 190 Å². The lowest BCUT2D eigenvalue weighted by Gasteiger charge is -2.35. The van der Waals surface area contributed by atoms with Crippen molar-refractivity contribution >= 4 is 64.9 Å². The molecule has 4 unspecified atom stereocenters. The average molecular weight is 1170 g/mol. The van der Waals surface area contributed by atoms with Crippen molar-refractivity contribution in [3.05, 3.63) is 0 Å². The van der Waals surface area contributed by atoms with Crippen LogP contribution in [-0.4, -0.2) is 168 Å². The second kappa shape index (κ2) is 39.7. The van der Waals surface area contributed by atoms with Crippen molar-refractivity contribution in [1.29, 1.82) is 0 Å². The third kappa shape index (κ3) is 31.2. The van der Waals surface area contributed by atoms with Crippen LogP contribution >= 0.6 is 23.5 Å². The molecule has 0 saturated carbocycles. The van der Waals surface area contributed by atoms with E-state index in [4.69, 9.17) is 18.9 Å². The van der Waals surface area contributed by atoms with Gasteiger partial charge in [-0.25, -0.2) is 0 Å². The molecule has 16 nitrogen and oxygen atoms in total. The number of nitrogens with zero attached hydrogens (tertiary/aromatic N) is 3. The van der Waals surface area contributed by atoms with Crippen molar-refractivity contribution in [3.63, 3.8) is 0 Å². The van der Waals surface area contributed by atoms with Crippen LogP contribution in [0.2, 0.25) is 0 Å². The maximum Gasteiger partial charge on any atom is 0.242 e. The van der Waals surface area contributed by atoms with Crippen LogP contribution in [0.5, 0.6) is 0 Å². The van der Waals surface area contributed by atoms with Gasteiger partial charge < -0.3 is 34.5 Å². The third-order valence-electron chi connectivity index (χ3n) is 15.2. The summed E-state index contributed by atoms with van der Waals surface area (Å²) in [6.45, 7) is 34.1. The van der Waals surface area contributed by atoms with Gasteiger partial charge in [0.05, 0.1) is 28.3 Å². The summed E-state index contributed by atoms with van der Waals surface area (Å²) in [7, 11) is 0. The van der Waals surface area contributed by atoms with Gasteiger partial charge in [0.1, 0.15) is 0 Å². The van der Waals surface area contributed by atoms with Crippen LogP contribution in [-0.2, 0) is 52.5 Å². The second-order valence-corrected chi connectivity index (χ2v) is 28.0. The Bertz CT molecular complexity index is 1830. The van der Waals surface area contributed by atoms with Gasteiger partial charge in [0.25, 0.3) is 0 Å². The third-order valence-corrected chi connectivity index (χ3v) is 17.8. The monoisotopic (exact) mass is 1170 g/mol. The molecule has 0 aromatic heterocycles. The largest absolute Gasteiger partial charge is 0.381 e. The van der Waals surface area contributed by atoms with Crippen LogP contribution in [0, 0.1) is 29.1 Å². The molecule has 0 aromatic rings. The van der Waals surface area contributed by atoms with Crippen molar-refractivity contribution in [2.75, 3.05) is 90.4 Å². The molecule has 2 N–H and O–H groups in total. The minimum absolute atomic E-state index is 0.0797. The second-order valence-electron chi connectivity index (χ2n) is 25.3. The Kier molecular flexibility index (Phi) is 36.4. The van der Waals surface area contributed by atoms with Crippen molar-refractivity contribution in [2.24, 2.45) is 29.1 Å². The van der Waals surface area contributed by atoms with E-state index in [1.165, 1.54) is 33.3 Å². The van der Waals surface area contributed by atoms with E-state index in [1.54, 1.807) is 0 Å². The normalized spacial score (nSPS) is 17.1. The number of thioether (sulfide) groups is 2. The van der Waals surface area contributed by atoms with Crippen molar-refractivity contribution in [2.45, 2.75) is 234 Å². The SMILES string of the molecule is CCOC(C)(C)CC(COCCCNC(=O)CCN1C(=O)CC(SCCCCCCN(CCCCCCSC2CC(=O)N(CCC(=O)NCCCOCC(CC(C)C)C(C)(C)OCC)C2=O)C(=O)CCCC(C)(C)C)C1=O)C(C)C. The number of ether oxygens (including phenoxy) is 4. The molecule has 2 heterocycles. The highest BCUT2D eigenvalue weighted by Crippen LogP contribution is 2.31. The molecule has 0 aliphatic carbocycles. The fourth-order valence-electron chi connectivity index (χ4n) is 10.3. The lowest BCUT2D eigenvalue weighted by molar-refractivity contribution is -0.140. The number of likely N-dealkylation sites (tertiary alicyclic amines) is 2. The summed E-state index contributed by atoms with van der Waals surface area (Å²) in [5.74, 6) is 2.18. The van der Waals surface area contributed by atoms with Gasteiger partial charge in [-0.05, 0) is 140 Å². The van der Waals surface area contributed by atoms with E-state index in [2.05, 4.69) is 86.8 Å². The molecule has 0 radical (unpaired) electrons. The van der Waals surface area contributed by atoms with Crippen LogP contribution in [0.4, 0.5) is 0 Å². The average Bonchev–Trinajstić information content (AvgIpc) is 3.80. The number of imide groups is 2. The Morgan fingerprint density at radius 1 is 0.625 bits per heavy atom. The van der Waals surface area contributed by atoms with Crippen molar-refractivity contribution in [1.82, 2.24) is 25.3 Å². The smallest absolute Gasteiger partial charge is 0.242 e. The molecule has 464 valence electrons. The molecule has 4 atom stereocenters. The van der Waals surface area contributed by atoms with Gasteiger partial charge in [-0.1, -0.05) is 74.1 Å². The molecule has 2 saturated heterocycles. The number of rotatable bonds is 47. The highest BCUT2D eigenvalue weighted by atomic mass is 32.2. The van der Waals surface area contributed by atoms with E-state index in [0.29, 0.717) is 103 Å². The van der Waals surface area contributed by atoms with Gasteiger partial charge in [0.15, 0.2) is 0 Å². The molecular formula is C62H113N5O11S2. The fraction of sp³-hybridized carbons (Fsp3) is 0.887. The summed E-state index contributed by atoms with van der Waals surface area (Å²) in [4.78, 5) is 95.0. The Morgan fingerprint density at radius 3 is 1.55 bits per heavy atom. The summed E-state index contributed by atoms with van der Waals surface area (Å²) >= 11 is 3.05. The van der Waals surface area contributed by atoms with E-state index >= 15 is 0 Å². The number of hydrogen-bond acceptors (Lipinski definition) is 13. The summed E-state index contributed by atoms with van der Waals surface area (Å²) in [6.07, 6.45) is 13.7. The zero-order chi connectivity index (χ0) is 59.7. The molecule has 0 bridgehead atoms. The summed E-state index contributed by atoms with van der Waals surface area (Å²) in [6, 6.07) is 0. The molecule has 80 heavy (non-hydrogen) atoms. The summed E-state index contributed by atoms with van der Waals surface area (Å²) < 4.78 is 23.8. The maximum atomic E-state index is 13.5. The van der Waals surface area contributed by atoms with Crippen LogP contribution in [0.3, 0.4) is 0 Å². The van der Waals surface area contributed by atoms with Crippen LogP contribution in [0.25, 0.3) is 0 Å². The Hall–Kier alpha value is -2.77. The van der Waals surface area contributed by atoms with E-state index in [-0.39, 0.29) is 103 Å². The highest BCUT2D eigenvalue weighted by Gasteiger charge is 2.40. The standard InChI is InChI=1S/C62H113N5O11S2/c1-14-77-61(10,11)44-49(48(5)6)45-75-37-25-31-63-53(68)28-35-66-56(71)42-51(58(66)73)79-39-22-18-16-20-33-65(55(70)27-24-30-60(7,8)9)34-21-17-19-23-40-80-52-43-57(72)67(59(52)74)36-29-54(69)64-32-26-38-76-46-50(41-47(3)4)62(12,13)78-15-2/h47-52H,14-46H2,1-13H3,(H,63,68)(H,64,69). The zero-order valence-electron chi connectivity index (χ0n) is 52.4. The molecule has 2 aliphatic heterocycles. The molecule has 18 heteroatoms. The molecule has 2 aliphatic rings. The maximum absolute atomic E-state index is 13.5. The zero-order valence-corrected chi connectivity index (χ0v) is 54.1. The lowest BCUT2D eigenvalue weighted by atomic mass is 9.84. The van der Waals surface area contributed by atoms with E-state index < -0.39 is 10.5 Å². The van der Waals surface area contributed by atoms with Gasteiger partial charge in [0.2, 0.25) is 41.4 Å². The van der Waals surface area contributed by atoms with Gasteiger partial charge in [-0.2, -0.15) is 0 Å². The predicted molar refractivity (Wildman–Crippen MR) is 325 cm³/mol. The lowest BCUT2D eigenvalue weighted by Crippen LogP contribution is -2.38. The predicted octanol–water partition coefficient (Wildman–Crippen LogP) is 10.7.